The van der Waals surface area contributed by atoms with Crippen LogP contribution in [0.1, 0.15) is 20.3 Å². The molecule has 2 rings (SSSR count). The van der Waals surface area contributed by atoms with Crippen molar-refractivity contribution >= 4 is 15.7 Å². The third-order valence-electron chi connectivity index (χ3n) is 2.81. The third-order valence-corrected chi connectivity index (χ3v) is 4.23. The van der Waals surface area contributed by atoms with Gasteiger partial charge in [0.25, 0.3) is 0 Å². The molecule has 0 aliphatic carbocycles. The molecule has 0 radical (unpaired) electrons. The van der Waals surface area contributed by atoms with Gasteiger partial charge >= 0.3 is 0 Å². The van der Waals surface area contributed by atoms with E-state index in [1.807, 2.05) is 6.92 Å². The van der Waals surface area contributed by atoms with Crippen molar-refractivity contribution in [3.8, 4) is 0 Å². The van der Waals surface area contributed by atoms with Crippen LogP contribution in [0.5, 0.6) is 0 Å². The van der Waals surface area contributed by atoms with E-state index in [9.17, 15) is 12.8 Å². The lowest BCUT2D eigenvalue weighted by Crippen LogP contribution is -2.40. The van der Waals surface area contributed by atoms with Crippen LogP contribution in [0.15, 0.2) is 34.3 Å². The van der Waals surface area contributed by atoms with E-state index >= 15 is 0 Å². The molecule has 104 valence electrons. The number of benzene rings is 1. The molecule has 0 fully saturated rings. The van der Waals surface area contributed by atoms with Gasteiger partial charge in [0.05, 0.1) is 17.2 Å². The molecule has 0 saturated heterocycles. The van der Waals surface area contributed by atoms with Gasteiger partial charge in [0.1, 0.15) is 5.82 Å². The third kappa shape index (κ3) is 3.30. The maximum atomic E-state index is 12.8. The van der Waals surface area contributed by atoms with Crippen molar-refractivity contribution in [3.05, 3.63) is 30.1 Å². The summed E-state index contributed by atoms with van der Waals surface area (Å²) in [6, 6.07) is 4.65. The van der Waals surface area contributed by atoms with Crippen molar-refractivity contribution in [1.29, 1.82) is 0 Å². The van der Waals surface area contributed by atoms with Gasteiger partial charge in [-0.2, -0.15) is 0 Å². The second-order valence-electron chi connectivity index (χ2n) is 4.82. The van der Waals surface area contributed by atoms with Crippen molar-refractivity contribution in [2.45, 2.75) is 30.8 Å². The molecule has 5 nitrogen and oxygen atoms in total. The first-order chi connectivity index (χ1) is 8.81. The summed E-state index contributed by atoms with van der Waals surface area (Å²) in [4.78, 5) is 5.23. The normalized spacial score (nSPS) is 23.0. The lowest BCUT2D eigenvalue weighted by molar-refractivity contribution is 0.00146. The predicted octanol–water partition coefficient (Wildman–Crippen LogP) is 1.66. The lowest BCUT2D eigenvalue weighted by atomic mass is 10.0. The van der Waals surface area contributed by atoms with Crippen LogP contribution in [0.3, 0.4) is 0 Å². The Balaban J connectivity index is 2.04. The Bertz CT molecular complexity index is 598. The minimum absolute atomic E-state index is 0.0214. The molecule has 1 aromatic carbocycles. The predicted molar refractivity (Wildman–Crippen MR) is 68.8 cm³/mol. The standard InChI is InChI=1S/C12H15FN2O3S/c1-9-7-12(2,18-15-9)8-14-19(16,17)11-5-3-10(13)4-6-11/h3-6,14H,7-8H2,1-2H3/t12-/m1/s1. The molecule has 0 bridgehead atoms. The average Bonchev–Trinajstić information content (AvgIpc) is 2.68. The van der Waals surface area contributed by atoms with Crippen molar-refractivity contribution in [3.63, 3.8) is 0 Å². The van der Waals surface area contributed by atoms with Crippen molar-refractivity contribution in [2.24, 2.45) is 5.16 Å². The Kier molecular flexibility index (Phi) is 3.60. The van der Waals surface area contributed by atoms with Crippen LogP contribution in [0.2, 0.25) is 0 Å². The van der Waals surface area contributed by atoms with E-state index < -0.39 is 21.4 Å². The highest BCUT2D eigenvalue weighted by Gasteiger charge is 2.34. The fraction of sp³-hybridized carbons (Fsp3) is 0.417. The maximum absolute atomic E-state index is 12.8. The van der Waals surface area contributed by atoms with E-state index in [4.69, 9.17) is 4.84 Å². The van der Waals surface area contributed by atoms with Gasteiger partial charge in [-0.1, -0.05) is 5.16 Å². The summed E-state index contributed by atoms with van der Waals surface area (Å²) in [7, 11) is -3.67. The molecule has 7 heteroatoms. The zero-order chi connectivity index (χ0) is 14.1. The summed E-state index contributed by atoms with van der Waals surface area (Å²) in [6.45, 7) is 3.70. The maximum Gasteiger partial charge on any atom is 0.240 e. The van der Waals surface area contributed by atoms with E-state index in [2.05, 4.69) is 9.88 Å². The molecule has 1 N–H and O–H groups in total. The second kappa shape index (κ2) is 4.90. The monoisotopic (exact) mass is 286 g/mol. The highest BCUT2D eigenvalue weighted by Crippen LogP contribution is 2.23. The number of oxime groups is 1. The molecule has 0 saturated carbocycles. The SMILES string of the molecule is CC1=NO[C@@](C)(CNS(=O)(=O)c2ccc(F)cc2)C1. The molecule has 0 aromatic heterocycles. The Morgan fingerprint density at radius 2 is 2.05 bits per heavy atom. The van der Waals surface area contributed by atoms with E-state index in [0.29, 0.717) is 6.42 Å². The molecule has 1 atom stereocenters. The summed E-state index contributed by atoms with van der Waals surface area (Å²) in [6.07, 6.45) is 0.568. The van der Waals surface area contributed by atoms with Crippen LogP contribution in [0.4, 0.5) is 4.39 Å². The smallest absolute Gasteiger partial charge is 0.240 e. The van der Waals surface area contributed by atoms with Gasteiger partial charge in [0.2, 0.25) is 10.0 Å². The van der Waals surface area contributed by atoms with E-state index in [1.165, 1.54) is 12.1 Å². The van der Waals surface area contributed by atoms with Gasteiger partial charge in [0, 0.05) is 6.42 Å². The molecule has 0 amide bonds. The molecule has 1 aliphatic heterocycles. The Labute approximate surface area is 111 Å². The van der Waals surface area contributed by atoms with Crippen LogP contribution in [0.25, 0.3) is 0 Å². The quantitative estimate of drug-likeness (QED) is 0.915. The topological polar surface area (TPSA) is 67.8 Å². The first-order valence-electron chi connectivity index (χ1n) is 5.78. The van der Waals surface area contributed by atoms with Gasteiger partial charge in [-0.05, 0) is 38.1 Å². The fourth-order valence-corrected chi connectivity index (χ4v) is 2.99. The lowest BCUT2D eigenvalue weighted by Gasteiger charge is -2.21. The molecule has 1 aromatic rings. The first-order valence-corrected chi connectivity index (χ1v) is 7.26. The van der Waals surface area contributed by atoms with Crippen molar-refractivity contribution < 1.29 is 17.6 Å². The summed E-state index contributed by atoms with van der Waals surface area (Å²) >= 11 is 0. The zero-order valence-electron chi connectivity index (χ0n) is 10.7. The van der Waals surface area contributed by atoms with Crippen LogP contribution in [0, 0.1) is 5.82 Å². The van der Waals surface area contributed by atoms with Gasteiger partial charge < -0.3 is 4.84 Å². The highest BCUT2D eigenvalue weighted by molar-refractivity contribution is 7.89. The van der Waals surface area contributed by atoms with Crippen LogP contribution in [-0.2, 0) is 14.9 Å². The largest absolute Gasteiger partial charge is 0.388 e. The first kappa shape index (κ1) is 14.0. The van der Waals surface area contributed by atoms with Crippen LogP contribution in [-0.4, -0.2) is 26.3 Å². The summed E-state index contributed by atoms with van der Waals surface area (Å²) in [5.41, 5.74) is 0.153. The van der Waals surface area contributed by atoms with Gasteiger partial charge in [0.15, 0.2) is 5.60 Å². The Hall–Kier alpha value is -1.47. The second-order valence-corrected chi connectivity index (χ2v) is 6.59. The summed E-state index contributed by atoms with van der Waals surface area (Å²) in [5.74, 6) is -0.478. The number of hydrogen-bond donors (Lipinski definition) is 1. The van der Waals surface area contributed by atoms with E-state index in [-0.39, 0.29) is 11.4 Å². The number of nitrogens with zero attached hydrogens (tertiary/aromatic N) is 1. The zero-order valence-corrected chi connectivity index (χ0v) is 11.5. The van der Waals surface area contributed by atoms with Gasteiger partial charge in [-0.15, -0.1) is 0 Å². The van der Waals surface area contributed by atoms with Gasteiger partial charge in [-0.3, -0.25) is 0 Å². The van der Waals surface area contributed by atoms with E-state index in [0.717, 1.165) is 17.8 Å². The van der Waals surface area contributed by atoms with Crippen molar-refractivity contribution in [1.82, 2.24) is 4.72 Å². The molecular formula is C12H15FN2O3S. The minimum Gasteiger partial charge on any atom is -0.388 e. The summed E-state index contributed by atoms with van der Waals surface area (Å²) in [5, 5.41) is 3.81. The number of halogens is 1. The highest BCUT2D eigenvalue weighted by atomic mass is 32.2. The van der Waals surface area contributed by atoms with Crippen molar-refractivity contribution in [2.75, 3.05) is 6.54 Å². The van der Waals surface area contributed by atoms with Crippen LogP contribution >= 0.6 is 0 Å². The Morgan fingerprint density at radius 3 is 2.58 bits per heavy atom. The number of sulfonamides is 1. The fourth-order valence-electron chi connectivity index (χ4n) is 1.83. The molecule has 1 aliphatic rings. The average molecular weight is 286 g/mol. The number of rotatable bonds is 4. The molecule has 0 unspecified atom stereocenters. The Morgan fingerprint density at radius 1 is 1.42 bits per heavy atom. The molecule has 19 heavy (non-hydrogen) atoms. The van der Waals surface area contributed by atoms with E-state index in [1.54, 1.807) is 6.92 Å². The summed E-state index contributed by atoms with van der Waals surface area (Å²) < 4.78 is 39.2. The molecular weight excluding hydrogens is 271 g/mol. The van der Waals surface area contributed by atoms with Crippen LogP contribution < -0.4 is 4.72 Å². The number of nitrogens with one attached hydrogen (secondary N) is 1. The minimum atomic E-state index is -3.67. The molecule has 1 heterocycles. The van der Waals surface area contributed by atoms with Gasteiger partial charge in [-0.25, -0.2) is 17.5 Å². The number of hydrogen-bond acceptors (Lipinski definition) is 4. The molecule has 0 spiro atoms.